The maximum absolute atomic E-state index is 12.7. The number of rotatable bonds is 5. The predicted octanol–water partition coefficient (Wildman–Crippen LogP) is 4.59. The zero-order chi connectivity index (χ0) is 21.9. The van der Waals surface area contributed by atoms with Crippen molar-refractivity contribution < 1.29 is 4.79 Å². The molecule has 1 saturated heterocycles. The molecular formula is C25H25N5OS. The maximum Gasteiger partial charge on any atom is 0.223 e. The molecule has 4 heterocycles. The number of thiophene rings is 1. The number of pyridine rings is 1. The first-order valence-electron chi connectivity index (χ1n) is 10.9. The summed E-state index contributed by atoms with van der Waals surface area (Å²) in [5.41, 5.74) is 3.37. The first kappa shape index (κ1) is 20.6. The Bertz CT molecular complexity index is 1220. The fraction of sp³-hybridized carbons (Fsp3) is 0.280. The van der Waals surface area contributed by atoms with Gasteiger partial charge in [0, 0.05) is 48.9 Å². The molecule has 1 aromatic carbocycles. The molecule has 3 aromatic heterocycles. The zero-order valence-electron chi connectivity index (χ0n) is 18.0. The summed E-state index contributed by atoms with van der Waals surface area (Å²) in [7, 11) is 0. The van der Waals surface area contributed by atoms with E-state index in [1.807, 2.05) is 25.1 Å². The lowest BCUT2D eigenvalue weighted by molar-refractivity contribution is -0.125. The maximum atomic E-state index is 12.7. The van der Waals surface area contributed by atoms with Gasteiger partial charge >= 0.3 is 0 Å². The van der Waals surface area contributed by atoms with Crippen LogP contribution in [0.4, 0.5) is 5.82 Å². The highest BCUT2D eigenvalue weighted by molar-refractivity contribution is 7.17. The highest BCUT2D eigenvalue weighted by atomic mass is 32.1. The Hall–Kier alpha value is -3.32. The lowest BCUT2D eigenvalue weighted by Crippen LogP contribution is -2.40. The summed E-state index contributed by atoms with van der Waals surface area (Å²) in [6, 6.07) is 14.3. The predicted molar refractivity (Wildman–Crippen MR) is 129 cm³/mol. The molecule has 5 rings (SSSR count). The van der Waals surface area contributed by atoms with Crippen LogP contribution in [0.5, 0.6) is 0 Å². The number of hydrogen-bond donors (Lipinski definition) is 1. The lowest BCUT2D eigenvalue weighted by atomic mass is 9.95. The number of nitrogens with one attached hydrogen (secondary N) is 1. The summed E-state index contributed by atoms with van der Waals surface area (Å²) < 4.78 is 0. The summed E-state index contributed by atoms with van der Waals surface area (Å²) in [5, 5.41) is 6.36. The van der Waals surface area contributed by atoms with Crippen LogP contribution in [0.25, 0.3) is 21.3 Å². The van der Waals surface area contributed by atoms with E-state index in [9.17, 15) is 4.79 Å². The number of carbonyl (C=O) groups excluding carboxylic acids is 1. The molecule has 7 heteroatoms. The van der Waals surface area contributed by atoms with Gasteiger partial charge in [-0.2, -0.15) is 0 Å². The minimum Gasteiger partial charge on any atom is -0.356 e. The smallest absolute Gasteiger partial charge is 0.223 e. The van der Waals surface area contributed by atoms with Crippen LogP contribution in [-0.2, 0) is 11.3 Å². The van der Waals surface area contributed by atoms with E-state index in [4.69, 9.17) is 4.98 Å². The number of benzene rings is 1. The minimum atomic E-state index is 0.0254. The Labute approximate surface area is 191 Å². The second-order valence-corrected chi connectivity index (χ2v) is 8.99. The Morgan fingerprint density at radius 3 is 2.69 bits per heavy atom. The number of nitrogens with zero attached hydrogens (tertiary/aromatic N) is 4. The van der Waals surface area contributed by atoms with Gasteiger partial charge < -0.3 is 10.2 Å². The highest BCUT2D eigenvalue weighted by Gasteiger charge is 2.27. The summed E-state index contributed by atoms with van der Waals surface area (Å²) in [6.07, 6.45) is 5.16. The van der Waals surface area contributed by atoms with Gasteiger partial charge in [0.1, 0.15) is 16.5 Å². The van der Waals surface area contributed by atoms with E-state index in [1.54, 1.807) is 23.7 Å². The molecule has 0 unspecified atom stereocenters. The van der Waals surface area contributed by atoms with Gasteiger partial charge in [-0.1, -0.05) is 36.4 Å². The molecule has 1 amide bonds. The van der Waals surface area contributed by atoms with Gasteiger partial charge in [-0.3, -0.25) is 9.78 Å². The second kappa shape index (κ2) is 9.04. The molecule has 6 nitrogen and oxygen atoms in total. The minimum absolute atomic E-state index is 0.0254. The van der Waals surface area contributed by atoms with Crippen LogP contribution in [0.3, 0.4) is 0 Å². The van der Waals surface area contributed by atoms with Gasteiger partial charge in [0.2, 0.25) is 5.91 Å². The molecule has 4 aromatic rings. The van der Waals surface area contributed by atoms with Crippen LogP contribution >= 0.6 is 11.3 Å². The number of fused-ring (bicyclic) bond motifs is 1. The van der Waals surface area contributed by atoms with Crippen LogP contribution in [-0.4, -0.2) is 33.9 Å². The van der Waals surface area contributed by atoms with E-state index in [2.05, 4.69) is 49.8 Å². The van der Waals surface area contributed by atoms with Crippen LogP contribution in [0.1, 0.15) is 24.2 Å². The fourth-order valence-corrected chi connectivity index (χ4v) is 5.26. The van der Waals surface area contributed by atoms with Crippen LogP contribution < -0.4 is 10.2 Å². The molecule has 0 radical (unpaired) electrons. The highest BCUT2D eigenvalue weighted by Crippen LogP contribution is 2.39. The molecule has 1 fully saturated rings. The summed E-state index contributed by atoms with van der Waals surface area (Å²) in [5.74, 6) is 1.92. The number of amides is 1. The van der Waals surface area contributed by atoms with Gasteiger partial charge in [0.15, 0.2) is 0 Å². The Morgan fingerprint density at radius 1 is 1.12 bits per heavy atom. The fourth-order valence-electron chi connectivity index (χ4n) is 4.28. The van der Waals surface area contributed by atoms with Gasteiger partial charge in [-0.05, 0) is 37.0 Å². The molecular weight excluding hydrogens is 418 g/mol. The molecule has 162 valence electrons. The topological polar surface area (TPSA) is 71.0 Å². The monoisotopic (exact) mass is 443 g/mol. The standard InChI is InChI=1S/C25H25N5OS/c1-17-28-23(22-21(16-32-25(22)29-17)19-7-3-2-4-8-19)30-12-9-20(10-13-30)24(31)27-15-18-6-5-11-26-14-18/h2-8,11,14,16,20H,9-10,12-13,15H2,1H3,(H,27,31). The quantitative estimate of drug-likeness (QED) is 0.488. The molecule has 0 saturated carbocycles. The molecule has 32 heavy (non-hydrogen) atoms. The van der Waals surface area contributed by atoms with E-state index in [0.717, 1.165) is 53.4 Å². The number of aryl methyl sites for hydroxylation is 1. The molecule has 1 aliphatic rings. The first-order valence-corrected chi connectivity index (χ1v) is 11.8. The van der Waals surface area contributed by atoms with Gasteiger partial charge in [-0.25, -0.2) is 9.97 Å². The molecule has 0 aliphatic carbocycles. The van der Waals surface area contributed by atoms with E-state index in [0.29, 0.717) is 6.54 Å². The van der Waals surface area contributed by atoms with E-state index in [1.165, 1.54) is 11.1 Å². The van der Waals surface area contributed by atoms with Crippen molar-refractivity contribution in [2.75, 3.05) is 18.0 Å². The van der Waals surface area contributed by atoms with Crippen LogP contribution in [0, 0.1) is 12.8 Å². The average Bonchev–Trinajstić information content (AvgIpc) is 3.27. The van der Waals surface area contributed by atoms with E-state index >= 15 is 0 Å². The van der Waals surface area contributed by atoms with Crippen molar-refractivity contribution in [1.82, 2.24) is 20.3 Å². The summed E-state index contributed by atoms with van der Waals surface area (Å²) >= 11 is 1.66. The molecule has 0 bridgehead atoms. The second-order valence-electron chi connectivity index (χ2n) is 8.13. The number of aromatic nitrogens is 3. The lowest BCUT2D eigenvalue weighted by Gasteiger charge is -2.32. The number of piperidine rings is 1. The van der Waals surface area contributed by atoms with Crippen LogP contribution in [0.15, 0.2) is 60.2 Å². The molecule has 1 N–H and O–H groups in total. The number of carbonyl (C=O) groups is 1. The summed E-state index contributed by atoms with van der Waals surface area (Å²) in [4.78, 5) is 29.7. The van der Waals surface area contributed by atoms with E-state index < -0.39 is 0 Å². The third-order valence-electron chi connectivity index (χ3n) is 5.97. The Kier molecular flexibility index (Phi) is 5.81. The van der Waals surface area contributed by atoms with Crippen molar-refractivity contribution in [1.29, 1.82) is 0 Å². The van der Waals surface area contributed by atoms with Crippen molar-refractivity contribution in [3.05, 3.63) is 71.6 Å². The van der Waals surface area contributed by atoms with Crippen molar-refractivity contribution in [3.8, 4) is 11.1 Å². The number of hydrogen-bond acceptors (Lipinski definition) is 6. The van der Waals surface area contributed by atoms with Crippen molar-refractivity contribution in [2.24, 2.45) is 5.92 Å². The van der Waals surface area contributed by atoms with Crippen molar-refractivity contribution in [2.45, 2.75) is 26.3 Å². The molecule has 0 spiro atoms. The van der Waals surface area contributed by atoms with Gasteiger partial charge in [0.25, 0.3) is 0 Å². The Balaban J connectivity index is 1.33. The normalized spacial score (nSPS) is 14.6. The van der Waals surface area contributed by atoms with Crippen molar-refractivity contribution >= 4 is 33.3 Å². The van der Waals surface area contributed by atoms with Gasteiger partial charge in [-0.15, -0.1) is 11.3 Å². The molecule has 1 aliphatic heterocycles. The average molecular weight is 444 g/mol. The van der Waals surface area contributed by atoms with E-state index in [-0.39, 0.29) is 11.8 Å². The third kappa shape index (κ3) is 4.21. The number of anilines is 1. The van der Waals surface area contributed by atoms with Crippen molar-refractivity contribution in [3.63, 3.8) is 0 Å². The molecule has 0 atom stereocenters. The third-order valence-corrected chi connectivity index (χ3v) is 6.84. The largest absolute Gasteiger partial charge is 0.356 e. The zero-order valence-corrected chi connectivity index (χ0v) is 18.8. The van der Waals surface area contributed by atoms with Gasteiger partial charge in [0.05, 0.1) is 5.39 Å². The first-order chi connectivity index (χ1) is 15.7. The van der Waals surface area contributed by atoms with Crippen LogP contribution in [0.2, 0.25) is 0 Å². The SMILES string of the molecule is Cc1nc(N2CCC(C(=O)NCc3cccnc3)CC2)c2c(-c3ccccc3)csc2n1. The summed E-state index contributed by atoms with van der Waals surface area (Å²) in [6.45, 7) is 4.08. The Morgan fingerprint density at radius 2 is 1.94 bits per heavy atom.